The van der Waals surface area contributed by atoms with Gasteiger partial charge in [-0.05, 0) is 32.0 Å². The molecule has 1 aromatic heterocycles. The van der Waals surface area contributed by atoms with Crippen LogP contribution in [0.15, 0.2) is 41.0 Å². The zero-order valence-corrected chi connectivity index (χ0v) is 13.6. The largest absolute Gasteiger partial charge is 0.492 e. The van der Waals surface area contributed by atoms with Crippen molar-refractivity contribution in [3.05, 3.63) is 47.9 Å². The molecule has 1 saturated heterocycles. The molecule has 2 heterocycles. The van der Waals surface area contributed by atoms with Gasteiger partial charge < -0.3 is 19.0 Å². The van der Waals surface area contributed by atoms with Crippen molar-refractivity contribution in [3.63, 3.8) is 0 Å². The van der Waals surface area contributed by atoms with Crippen molar-refractivity contribution < 1.29 is 13.9 Å². The summed E-state index contributed by atoms with van der Waals surface area (Å²) in [4.78, 5) is 16.7. The van der Waals surface area contributed by atoms with E-state index in [1.165, 1.54) is 0 Å². The molecule has 0 atom stereocenters. The molecule has 3 rings (SSSR count). The van der Waals surface area contributed by atoms with Crippen LogP contribution in [0.25, 0.3) is 0 Å². The third-order valence-corrected chi connectivity index (χ3v) is 4.16. The summed E-state index contributed by atoms with van der Waals surface area (Å²) in [5, 5.41) is 0. The molecule has 0 aliphatic carbocycles. The Kier molecular flexibility index (Phi) is 4.55. The number of furan rings is 1. The van der Waals surface area contributed by atoms with E-state index in [9.17, 15) is 4.79 Å². The highest BCUT2D eigenvalue weighted by Crippen LogP contribution is 2.29. The normalized spacial score (nSPS) is 14.9. The summed E-state index contributed by atoms with van der Waals surface area (Å²) >= 11 is 0. The molecule has 0 unspecified atom stereocenters. The van der Waals surface area contributed by atoms with E-state index in [0.717, 1.165) is 24.5 Å². The van der Waals surface area contributed by atoms with Gasteiger partial charge in [-0.2, -0.15) is 0 Å². The third kappa shape index (κ3) is 3.18. The Morgan fingerprint density at radius 3 is 2.57 bits per heavy atom. The highest BCUT2D eigenvalue weighted by Gasteiger charge is 2.25. The summed E-state index contributed by atoms with van der Waals surface area (Å²) in [5.41, 5.74) is 1.76. The second kappa shape index (κ2) is 6.77. The number of hydrogen-bond donors (Lipinski definition) is 0. The van der Waals surface area contributed by atoms with Crippen LogP contribution in [0.5, 0.6) is 5.75 Å². The number of piperazine rings is 1. The van der Waals surface area contributed by atoms with E-state index in [4.69, 9.17) is 9.15 Å². The SMILES string of the molecule is CCOc1ccccc1N1CCN(C(=O)c2ccoc2C)CC1. The highest BCUT2D eigenvalue weighted by molar-refractivity contribution is 5.95. The molecule has 0 saturated carbocycles. The molecule has 0 radical (unpaired) electrons. The Balaban J connectivity index is 1.67. The number of nitrogens with zero attached hydrogens (tertiary/aromatic N) is 2. The van der Waals surface area contributed by atoms with Crippen molar-refractivity contribution in [1.29, 1.82) is 0 Å². The first kappa shape index (κ1) is 15.5. The molecule has 122 valence electrons. The van der Waals surface area contributed by atoms with Crippen molar-refractivity contribution in [2.24, 2.45) is 0 Å². The number of amides is 1. The van der Waals surface area contributed by atoms with Crippen LogP contribution in [-0.4, -0.2) is 43.6 Å². The molecule has 0 spiro atoms. The zero-order chi connectivity index (χ0) is 16.2. The molecule has 1 aliphatic rings. The lowest BCUT2D eigenvalue weighted by atomic mass is 10.2. The minimum atomic E-state index is 0.0500. The summed E-state index contributed by atoms with van der Waals surface area (Å²) in [5.74, 6) is 1.63. The van der Waals surface area contributed by atoms with Crippen LogP contribution < -0.4 is 9.64 Å². The van der Waals surface area contributed by atoms with Crippen LogP contribution in [0.4, 0.5) is 5.69 Å². The van der Waals surface area contributed by atoms with E-state index in [0.29, 0.717) is 31.0 Å². The summed E-state index contributed by atoms with van der Waals surface area (Å²) in [7, 11) is 0. The van der Waals surface area contributed by atoms with E-state index in [1.807, 2.05) is 36.9 Å². The predicted molar refractivity (Wildman–Crippen MR) is 89.2 cm³/mol. The monoisotopic (exact) mass is 314 g/mol. The second-order valence-corrected chi connectivity index (χ2v) is 5.57. The van der Waals surface area contributed by atoms with Crippen LogP contribution in [0, 0.1) is 6.92 Å². The van der Waals surface area contributed by atoms with Crippen LogP contribution in [-0.2, 0) is 0 Å². The zero-order valence-electron chi connectivity index (χ0n) is 13.6. The van der Waals surface area contributed by atoms with E-state index in [-0.39, 0.29) is 5.91 Å². The summed E-state index contributed by atoms with van der Waals surface area (Å²) in [6.07, 6.45) is 1.57. The van der Waals surface area contributed by atoms with Gasteiger partial charge in [0.15, 0.2) is 0 Å². The van der Waals surface area contributed by atoms with Gasteiger partial charge in [0.05, 0.1) is 24.1 Å². The number of rotatable bonds is 4. The summed E-state index contributed by atoms with van der Waals surface area (Å²) in [6, 6.07) is 9.81. The average molecular weight is 314 g/mol. The topological polar surface area (TPSA) is 45.9 Å². The van der Waals surface area contributed by atoms with Gasteiger partial charge in [0.2, 0.25) is 0 Å². The summed E-state index contributed by atoms with van der Waals surface area (Å²) < 4.78 is 10.9. The van der Waals surface area contributed by atoms with Gasteiger partial charge >= 0.3 is 0 Å². The Morgan fingerprint density at radius 2 is 1.91 bits per heavy atom. The van der Waals surface area contributed by atoms with Crippen molar-refractivity contribution in [3.8, 4) is 5.75 Å². The van der Waals surface area contributed by atoms with E-state index >= 15 is 0 Å². The molecule has 1 amide bonds. The number of aryl methyl sites for hydroxylation is 1. The second-order valence-electron chi connectivity index (χ2n) is 5.57. The molecule has 1 aromatic carbocycles. The predicted octanol–water partition coefficient (Wildman–Crippen LogP) is 2.95. The minimum Gasteiger partial charge on any atom is -0.492 e. The van der Waals surface area contributed by atoms with Crippen molar-refractivity contribution in [2.75, 3.05) is 37.7 Å². The maximum atomic E-state index is 12.5. The standard InChI is InChI=1S/C18H22N2O3/c1-3-22-17-7-5-4-6-16(17)19-9-11-20(12-10-19)18(21)15-8-13-23-14(15)2/h4-8,13H,3,9-12H2,1-2H3. The fourth-order valence-electron chi connectivity index (χ4n) is 2.92. The maximum Gasteiger partial charge on any atom is 0.257 e. The van der Waals surface area contributed by atoms with Gasteiger partial charge in [-0.1, -0.05) is 12.1 Å². The quantitative estimate of drug-likeness (QED) is 0.870. The Hall–Kier alpha value is -2.43. The first-order valence-electron chi connectivity index (χ1n) is 8.01. The Bertz CT molecular complexity index is 672. The Labute approximate surface area is 136 Å². The minimum absolute atomic E-state index is 0.0500. The van der Waals surface area contributed by atoms with Crippen LogP contribution in [0.1, 0.15) is 23.0 Å². The fourth-order valence-corrected chi connectivity index (χ4v) is 2.92. The van der Waals surface area contributed by atoms with E-state index in [2.05, 4.69) is 11.0 Å². The maximum absolute atomic E-state index is 12.5. The van der Waals surface area contributed by atoms with Gasteiger partial charge in [-0.15, -0.1) is 0 Å². The number of anilines is 1. The Morgan fingerprint density at radius 1 is 1.17 bits per heavy atom. The van der Waals surface area contributed by atoms with Gasteiger partial charge in [0, 0.05) is 26.2 Å². The molecule has 5 heteroatoms. The fraction of sp³-hybridized carbons (Fsp3) is 0.389. The van der Waals surface area contributed by atoms with Crippen molar-refractivity contribution in [1.82, 2.24) is 4.90 Å². The van der Waals surface area contributed by atoms with Gasteiger partial charge in [-0.3, -0.25) is 4.79 Å². The lowest BCUT2D eigenvalue weighted by molar-refractivity contribution is 0.0745. The molecular formula is C18H22N2O3. The molecular weight excluding hydrogens is 292 g/mol. The van der Waals surface area contributed by atoms with Gasteiger partial charge in [-0.25, -0.2) is 0 Å². The average Bonchev–Trinajstić information content (AvgIpc) is 3.01. The van der Waals surface area contributed by atoms with Gasteiger partial charge in [0.1, 0.15) is 11.5 Å². The molecule has 2 aromatic rings. The third-order valence-electron chi connectivity index (χ3n) is 4.16. The molecule has 0 N–H and O–H groups in total. The lowest BCUT2D eigenvalue weighted by Crippen LogP contribution is -2.49. The molecule has 1 fully saturated rings. The van der Waals surface area contributed by atoms with Crippen LogP contribution in [0.3, 0.4) is 0 Å². The smallest absolute Gasteiger partial charge is 0.257 e. The molecule has 1 aliphatic heterocycles. The highest BCUT2D eigenvalue weighted by atomic mass is 16.5. The summed E-state index contributed by atoms with van der Waals surface area (Å²) in [6.45, 7) is 7.45. The van der Waals surface area contributed by atoms with Crippen molar-refractivity contribution >= 4 is 11.6 Å². The number of para-hydroxylation sites is 2. The van der Waals surface area contributed by atoms with Crippen LogP contribution >= 0.6 is 0 Å². The number of ether oxygens (including phenoxy) is 1. The van der Waals surface area contributed by atoms with Gasteiger partial charge in [0.25, 0.3) is 5.91 Å². The first-order chi connectivity index (χ1) is 11.2. The number of carbonyl (C=O) groups excluding carboxylic acids is 1. The first-order valence-corrected chi connectivity index (χ1v) is 8.01. The molecule has 0 bridgehead atoms. The number of hydrogen-bond acceptors (Lipinski definition) is 4. The van der Waals surface area contributed by atoms with E-state index in [1.54, 1.807) is 12.3 Å². The number of benzene rings is 1. The number of carbonyl (C=O) groups is 1. The van der Waals surface area contributed by atoms with Crippen molar-refractivity contribution in [2.45, 2.75) is 13.8 Å². The molecule has 23 heavy (non-hydrogen) atoms. The van der Waals surface area contributed by atoms with E-state index < -0.39 is 0 Å². The van der Waals surface area contributed by atoms with Crippen LogP contribution in [0.2, 0.25) is 0 Å². The molecule has 5 nitrogen and oxygen atoms in total. The lowest BCUT2D eigenvalue weighted by Gasteiger charge is -2.36.